The minimum absolute atomic E-state index is 0.741. The van der Waals surface area contributed by atoms with Crippen LogP contribution in [0.1, 0.15) is 13.8 Å². The van der Waals surface area contributed by atoms with Crippen LogP contribution in [0.15, 0.2) is 11.9 Å². The van der Waals surface area contributed by atoms with E-state index in [0.717, 1.165) is 25.1 Å². The summed E-state index contributed by atoms with van der Waals surface area (Å²) in [6.45, 7) is 5.82. The molecule has 0 heterocycles. The van der Waals surface area contributed by atoms with Gasteiger partial charge >= 0.3 is 0 Å². The van der Waals surface area contributed by atoms with E-state index in [4.69, 9.17) is 0 Å². The molecule has 0 saturated carbocycles. The summed E-state index contributed by atoms with van der Waals surface area (Å²) < 4.78 is 0. The van der Waals surface area contributed by atoms with Crippen molar-refractivity contribution in [3.8, 4) is 0 Å². The number of aldehydes is 1. The number of hydrogen-bond acceptors (Lipinski definition) is 3. The molecule has 0 unspecified atom stereocenters. The molecule has 0 aromatic rings. The van der Waals surface area contributed by atoms with Gasteiger partial charge in [0, 0.05) is 33.4 Å². The van der Waals surface area contributed by atoms with Crippen molar-refractivity contribution in [1.82, 2.24) is 9.80 Å². The molecule has 0 fully saturated rings. The van der Waals surface area contributed by atoms with Crippen molar-refractivity contribution in [2.75, 3.05) is 27.2 Å². The molecule has 3 nitrogen and oxygen atoms in total. The summed E-state index contributed by atoms with van der Waals surface area (Å²) in [5.74, 6) is 0. The van der Waals surface area contributed by atoms with Gasteiger partial charge in [-0.2, -0.15) is 0 Å². The van der Waals surface area contributed by atoms with Gasteiger partial charge in [-0.3, -0.25) is 4.79 Å². The van der Waals surface area contributed by atoms with Crippen molar-refractivity contribution < 1.29 is 4.79 Å². The average molecular weight is 170 g/mol. The van der Waals surface area contributed by atoms with Crippen LogP contribution in [-0.2, 0) is 4.79 Å². The summed E-state index contributed by atoms with van der Waals surface area (Å²) in [4.78, 5) is 14.6. The van der Waals surface area contributed by atoms with Crippen LogP contribution in [0, 0.1) is 0 Å². The van der Waals surface area contributed by atoms with Crippen molar-refractivity contribution in [3.63, 3.8) is 0 Å². The SMILES string of the molecule is CCN(CC)/C(C=O)=C/N(C)C. The van der Waals surface area contributed by atoms with Crippen LogP contribution < -0.4 is 0 Å². The van der Waals surface area contributed by atoms with Crippen LogP contribution in [0.2, 0.25) is 0 Å². The van der Waals surface area contributed by atoms with E-state index < -0.39 is 0 Å². The molecule has 0 rings (SSSR count). The van der Waals surface area contributed by atoms with Crippen molar-refractivity contribution >= 4 is 6.29 Å². The highest BCUT2D eigenvalue weighted by Gasteiger charge is 2.03. The van der Waals surface area contributed by atoms with E-state index in [1.807, 2.05) is 43.9 Å². The maximum atomic E-state index is 10.7. The summed E-state index contributed by atoms with van der Waals surface area (Å²) in [6, 6.07) is 0. The zero-order chi connectivity index (χ0) is 9.56. The van der Waals surface area contributed by atoms with Gasteiger partial charge in [0.05, 0.1) is 5.70 Å². The predicted molar refractivity (Wildman–Crippen MR) is 50.8 cm³/mol. The first-order valence-corrected chi connectivity index (χ1v) is 4.24. The minimum Gasteiger partial charge on any atom is -0.382 e. The van der Waals surface area contributed by atoms with Gasteiger partial charge in [0.15, 0.2) is 6.29 Å². The standard InChI is InChI=1S/C9H18N2O/c1-5-11(6-2)9(8-12)7-10(3)4/h7-8H,5-6H2,1-4H3/b9-7+. The number of allylic oxidation sites excluding steroid dienone is 1. The van der Waals surface area contributed by atoms with E-state index in [1.54, 1.807) is 0 Å². The number of likely N-dealkylation sites (N-methyl/N-ethyl adjacent to an activating group) is 1. The molecule has 0 aromatic heterocycles. The lowest BCUT2D eigenvalue weighted by Crippen LogP contribution is -2.24. The Balaban J connectivity index is 4.40. The van der Waals surface area contributed by atoms with E-state index >= 15 is 0 Å². The maximum absolute atomic E-state index is 10.7. The van der Waals surface area contributed by atoms with Gasteiger partial charge in [0.1, 0.15) is 0 Å². The van der Waals surface area contributed by atoms with E-state index in [-0.39, 0.29) is 0 Å². The van der Waals surface area contributed by atoms with Gasteiger partial charge in [0.25, 0.3) is 0 Å². The zero-order valence-corrected chi connectivity index (χ0v) is 8.37. The summed E-state index contributed by atoms with van der Waals surface area (Å²) in [6.07, 6.45) is 2.73. The second-order valence-electron chi connectivity index (χ2n) is 2.81. The van der Waals surface area contributed by atoms with E-state index in [0.29, 0.717) is 0 Å². The van der Waals surface area contributed by atoms with Crippen LogP contribution in [-0.4, -0.2) is 43.3 Å². The molecule has 0 bridgehead atoms. The van der Waals surface area contributed by atoms with Crippen LogP contribution >= 0.6 is 0 Å². The van der Waals surface area contributed by atoms with Gasteiger partial charge in [-0.1, -0.05) is 0 Å². The highest BCUT2D eigenvalue weighted by atomic mass is 16.1. The molecular formula is C9H18N2O. The van der Waals surface area contributed by atoms with Gasteiger partial charge in [-0.05, 0) is 13.8 Å². The van der Waals surface area contributed by atoms with Crippen LogP contribution in [0.5, 0.6) is 0 Å². The van der Waals surface area contributed by atoms with Gasteiger partial charge in [-0.25, -0.2) is 0 Å². The lowest BCUT2D eigenvalue weighted by molar-refractivity contribution is -0.106. The Labute approximate surface area is 74.7 Å². The summed E-state index contributed by atoms with van der Waals surface area (Å²) in [7, 11) is 3.82. The Morgan fingerprint density at radius 2 is 1.75 bits per heavy atom. The molecule has 0 aromatic carbocycles. The minimum atomic E-state index is 0.741. The van der Waals surface area contributed by atoms with Crippen molar-refractivity contribution in [2.24, 2.45) is 0 Å². The molecule has 0 radical (unpaired) electrons. The molecule has 0 amide bonds. The molecule has 3 heteroatoms. The number of carbonyl (C=O) groups excluding carboxylic acids is 1. The molecule has 0 aliphatic heterocycles. The zero-order valence-electron chi connectivity index (χ0n) is 8.37. The average Bonchev–Trinajstić information content (AvgIpc) is 2.04. The molecular weight excluding hydrogens is 152 g/mol. The molecule has 0 atom stereocenters. The fourth-order valence-corrected chi connectivity index (χ4v) is 1.04. The third-order valence-electron chi connectivity index (χ3n) is 1.64. The third kappa shape index (κ3) is 3.42. The Bertz CT molecular complexity index is 160. The highest BCUT2D eigenvalue weighted by molar-refractivity contribution is 5.72. The highest BCUT2D eigenvalue weighted by Crippen LogP contribution is 2.00. The Kier molecular flexibility index (Phi) is 5.17. The van der Waals surface area contributed by atoms with Crippen LogP contribution in [0.3, 0.4) is 0 Å². The number of carbonyl (C=O) groups is 1. The largest absolute Gasteiger partial charge is 0.382 e. The Morgan fingerprint density at radius 1 is 1.25 bits per heavy atom. The molecule has 0 N–H and O–H groups in total. The second kappa shape index (κ2) is 5.63. The molecule has 0 aliphatic carbocycles. The maximum Gasteiger partial charge on any atom is 0.167 e. The smallest absolute Gasteiger partial charge is 0.167 e. The van der Waals surface area contributed by atoms with Gasteiger partial charge in [-0.15, -0.1) is 0 Å². The van der Waals surface area contributed by atoms with Crippen LogP contribution in [0.25, 0.3) is 0 Å². The first-order valence-electron chi connectivity index (χ1n) is 4.24. The molecule has 12 heavy (non-hydrogen) atoms. The monoisotopic (exact) mass is 170 g/mol. The first kappa shape index (κ1) is 11.0. The fraction of sp³-hybridized carbons (Fsp3) is 0.667. The summed E-state index contributed by atoms with van der Waals surface area (Å²) >= 11 is 0. The van der Waals surface area contributed by atoms with Crippen molar-refractivity contribution in [2.45, 2.75) is 13.8 Å². The normalized spacial score (nSPS) is 11.2. The Morgan fingerprint density at radius 3 is 2.00 bits per heavy atom. The second-order valence-corrected chi connectivity index (χ2v) is 2.81. The number of nitrogens with zero attached hydrogens (tertiary/aromatic N) is 2. The van der Waals surface area contributed by atoms with Crippen molar-refractivity contribution in [1.29, 1.82) is 0 Å². The van der Waals surface area contributed by atoms with E-state index in [9.17, 15) is 4.79 Å². The number of rotatable bonds is 5. The fourth-order valence-electron chi connectivity index (χ4n) is 1.04. The van der Waals surface area contributed by atoms with Crippen LogP contribution in [0.4, 0.5) is 0 Å². The third-order valence-corrected chi connectivity index (χ3v) is 1.64. The Hall–Kier alpha value is -0.990. The van der Waals surface area contributed by atoms with E-state index in [2.05, 4.69) is 0 Å². The molecule has 0 spiro atoms. The van der Waals surface area contributed by atoms with Gasteiger partial charge in [0.2, 0.25) is 0 Å². The van der Waals surface area contributed by atoms with Gasteiger partial charge < -0.3 is 9.80 Å². The molecule has 70 valence electrons. The quantitative estimate of drug-likeness (QED) is 0.453. The van der Waals surface area contributed by atoms with Crippen molar-refractivity contribution in [3.05, 3.63) is 11.9 Å². The van der Waals surface area contributed by atoms with E-state index in [1.165, 1.54) is 0 Å². The predicted octanol–water partition coefficient (Wildman–Crippen LogP) is 0.930. The molecule has 0 saturated heterocycles. The lowest BCUT2D eigenvalue weighted by Gasteiger charge is -2.21. The summed E-state index contributed by atoms with van der Waals surface area (Å²) in [5.41, 5.74) is 0.741. The summed E-state index contributed by atoms with van der Waals surface area (Å²) in [5, 5.41) is 0. The molecule has 0 aliphatic rings. The topological polar surface area (TPSA) is 23.6 Å². The number of hydrogen-bond donors (Lipinski definition) is 0. The lowest BCUT2D eigenvalue weighted by atomic mass is 10.4. The first-order chi connectivity index (χ1) is 5.65.